The fourth-order valence-electron chi connectivity index (χ4n) is 2.45. The van der Waals surface area contributed by atoms with Gasteiger partial charge in [0, 0.05) is 13.7 Å². The molecule has 0 bridgehead atoms. The van der Waals surface area contributed by atoms with Crippen LogP contribution in [0.4, 0.5) is 4.79 Å². The van der Waals surface area contributed by atoms with Gasteiger partial charge in [0.05, 0.1) is 0 Å². The zero-order chi connectivity index (χ0) is 9.47. The zero-order valence-electron chi connectivity index (χ0n) is 7.82. The normalized spacial score (nSPS) is 30.5. The smallest absolute Gasteiger partial charge is 0.409 e. The zero-order valence-corrected chi connectivity index (χ0v) is 7.82. The van der Waals surface area contributed by atoms with Gasteiger partial charge < -0.3 is 9.84 Å². The molecule has 4 nitrogen and oxygen atoms in total. The minimum absolute atomic E-state index is 0.210. The molecule has 4 heteroatoms. The number of hydrogen-bond donors (Lipinski definition) is 1. The Morgan fingerprint density at radius 1 is 1.62 bits per heavy atom. The van der Waals surface area contributed by atoms with E-state index in [1.165, 1.54) is 11.3 Å². The second-order valence-electron chi connectivity index (χ2n) is 4.16. The summed E-state index contributed by atoms with van der Waals surface area (Å²) in [5.41, 5.74) is 0.263. The summed E-state index contributed by atoms with van der Waals surface area (Å²) >= 11 is 0. The average molecular weight is 185 g/mol. The number of carboxylic acid groups (broad SMARTS) is 1. The predicted molar refractivity (Wildman–Crippen MR) is 46.4 cm³/mol. The predicted octanol–water partition coefficient (Wildman–Crippen LogP) is 1.51. The molecule has 1 aliphatic heterocycles. The third-order valence-corrected chi connectivity index (χ3v) is 3.39. The van der Waals surface area contributed by atoms with Crippen LogP contribution in [0, 0.1) is 5.41 Å². The third-order valence-electron chi connectivity index (χ3n) is 3.39. The Balaban J connectivity index is 2.07. The van der Waals surface area contributed by atoms with Crippen LogP contribution in [-0.4, -0.2) is 36.0 Å². The number of carbonyl (C=O) groups is 1. The highest BCUT2D eigenvalue weighted by Crippen LogP contribution is 2.50. The summed E-state index contributed by atoms with van der Waals surface area (Å²) < 4.78 is 5.16. The first-order chi connectivity index (χ1) is 6.17. The maximum Gasteiger partial charge on any atom is 0.409 e. The third kappa shape index (κ3) is 1.29. The second-order valence-corrected chi connectivity index (χ2v) is 4.16. The average Bonchev–Trinajstić information content (AvgIpc) is 2.42. The van der Waals surface area contributed by atoms with Crippen LogP contribution in [0.1, 0.15) is 25.7 Å². The van der Waals surface area contributed by atoms with Gasteiger partial charge in [-0.2, -0.15) is 0 Å². The van der Waals surface area contributed by atoms with Gasteiger partial charge in [-0.05, 0) is 24.7 Å². The largest absolute Gasteiger partial charge is 0.465 e. The van der Waals surface area contributed by atoms with E-state index in [1.807, 2.05) is 0 Å². The highest BCUT2D eigenvalue weighted by atomic mass is 16.5. The SMILES string of the molecule is COC1CC2(CCC2)CN1C(=O)O. The molecular weight excluding hydrogens is 170 g/mol. The summed E-state index contributed by atoms with van der Waals surface area (Å²) in [4.78, 5) is 12.3. The Morgan fingerprint density at radius 3 is 2.62 bits per heavy atom. The van der Waals surface area contributed by atoms with E-state index < -0.39 is 6.09 Å². The number of amides is 1. The van der Waals surface area contributed by atoms with Crippen LogP contribution in [0.15, 0.2) is 0 Å². The van der Waals surface area contributed by atoms with E-state index in [0.717, 1.165) is 19.3 Å². The summed E-state index contributed by atoms with van der Waals surface area (Å²) in [6.07, 6.45) is 3.39. The van der Waals surface area contributed by atoms with Crippen LogP contribution in [0.25, 0.3) is 0 Å². The minimum atomic E-state index is -0.851. The van der Waals surface area contributed by atoms with Crippen LogP contribution >= 0.6 is 0 Å². The Labute approximate surface area is 77.5 Å². The Bertz CT molecular complexity index is 225. The molecule has 1 saturated carbocycles. The Morgan fingerprint density at radius 2 is 2.31 bits per heavy atom. The fraction of sp³-hybridized carbons (Fsp3) is 0.889. The maximum absolute atomic E-state index is 10.8. The molecule has 1 unspecified atom stereocenters. The standard InChI is InChI=1S/C9H15NO3/c1-13-7-5-9(3-2-4-9)6-10(7)8(11)12/h7H,2-6H2,1H3,(H,11,12). The lowest BCUT2D eigenvalue weighted by Crippen LogP contribution is -2.37. The van der Waals surface area contributed by atoms with Crippen molar-refractivity contribution in [1.29, 1.82) is 0 Å². The van der Waals surface area contributed by atoms with Crippen molar-refractivity contribution in [3.05, 3.63) is 0 Å². The lowest BCUT2D eigenvalue weighted by Gasteiger charge is -2.37. The van der Waals surface area contributed by atoms with Gasteiger partial charge in [0.15, 0.2) is 0 Å². The van der Waals surface area contributed by atoms with E-state index in [-0.39, 0.29) is 11.6 Å². The van der Waals surface area contributed by atoms with Gasteiger partial charge in [-0.3, -0.25) is 4.90 Å². The molecule has 1 heterocycles. The molecule has 1 spiro atoms. The molecule has 2 rings (SSSR count). The van der Waals surface area contributed by atoms with Gasteiger partial charge in [0.2, 0.25) is 0 Å². The fourth-order valence-corrected chi connectivity index (χ4v) is 2.45. The number of likely N-dealkylation sites (tertiary alicyclic amines) is 1. The maximum atomic E-state index is 10.8. The number of nitrogens with zero attached hydrogens (tertiary/aromatic N) is 1. The molecule has 0 radical (unpaired) electrons. The summed E-state index contributed by atoms with van der Waals surface area (Å²) in [7, 11) is 1.58. The first kappa shape index (κ1) is 8.81. The van der Waals surface area contributed by atoms with Crippen LogP contribution in [0.5, 0.6) is 0 Å². The summed E-state index contributed by atoms with van der Waals surface area (Å²) in [5.74, 6) is 0. The summed E-state index contributed by atoms with van der Waals surface area (Å²) in [6.45, 7) is 0.668. The van der Waals surface area contributed by atoms with Gasteiger partial charge in [-0.15, -0.1) is 0 Å². The van der Waals surface area contributed by atoms with E-state index in [2.05, 4.69) is 0 Å². The lowest BCUT2D eigenvalue weighted by atomic mass is 9.68. The van der Waals surface area contributed by atoms with E-state index >= 15 is 0 Å². The first-order valence-electron chi connectivity index (χ1n) is 4.69. The van der Waals surface area contributed by atoms with Gasteiger partial charge in [-0.25, -0.2) is 4.79 Å². The van der Waals surface area contributed by atoms with E-state index in [1.54, 1.807) is 7.11 Å². The van der Waals surface area contributed by atoms with Crippen molar-refractivity contribution in [2.75, 3.05) is 13.7 Å². The molecule has 13 heavy (non-hydrogen) atoms. The van der Waals surface area contributed by atoms with E-state index in [0.29, 0.717) is 6.54 Å². The first-order valence-corrected chi connectivity index (χ1v) is 4.69. The van der Waals surface area contributed by atoms with Crippen molar-refractivity contribution in [3.8, 4) is 0 Å². The van der Waals surface area contributed by atoms with Crippen LogP contribution in [0.3, 0.4) is 0 Å². The molecular formula is C9H15NO3. The number of methoxy groups -OCH3 is 1. The highest BCUT2D eigenvalue weighted by molar-refractivity contribution is 5.65. The van der Waals surface area contributed by atoms with Crippen LogP contribution in [-0.2, 0) is 4.74 Å². The summed E-state index contributed by atoms with van der Waals surface area (Å²) in [6, 6.07) is 0. The molecule has 1 atom stereocenters. The highest BCUT2D eigenvalue weighted by Gasteiger charge is 2.49. The molecule has 0 aromatic rings. The van der Waals surface area contributed by atoms with Gasteiger partial charge in [0.1, 0.15) is 6.23 Å². The van der Waals surface area contributed by atoms with Crippen LogP contribution < -0.4 is 0 Å². The molecule has 0 aromatic carbocycles. The van der Waals surface area contributed by atoms with E-state index in [9.17, 15) is 4.79 Å². The van der Waals surface area contributed by atoms with Gasteiger partial charge >= 0.3 is 6.09 Å². The van der Waals surface area contributed by atoms with Crippen LogP contribution in [0.2, 0.25) is 0 Å². The van der Waals surface area contributed by atoms with Crippen molar-refractivity contribution in [3.63, 3.8) is 0 Å². The monoisotopic (exact) mass is 185 g/mol. The number of hydrogen-bond acceptors (Lipinski definition) is 2. The molecule has 2 aliphatic rings. The molecule has 1 amide bonds. The number of rotatable bonds is 1. The van der Waals surface area contributed by atoms with Crippen molar-refractivity contribution in [1.82, 2.24) is 4.90 Å². The van der Waals surface area contributed by atoms with E-state index in [4.69, 9.17) is 9.84 Å². The van der Waals surface area contributed by atoms with Gasteiger partial charge in [0.25, 0.3) is 0 Å². The molecule has 1 N–H and O–H groups in total. The van der Waals surface area contributed by atoms with Crippen molar-refractivity contribution in [2.45, 2.75) is 31.9 Å². The Hall–Kier alpha value is -0.770. The Kier molecular flexibility index (Phi) is 1.95. The van der Waals surface area contributed by atoms with Crippen molar-refractivity contribution in [2.24, 2.45) is 5.41 Å². The number of ether oxygens (including phenoxy) is 1. The van der Waals surface area contributed by atoms with Gasteiger partial charge in [-0.1, -0.05) is 6.42 Å². The molecule has 0 aromatic heterocycles. The molecule has 2 fully saturated rings. The quantitative estimate of drug-likeness (QED) is 0.673. The molecule has 1 aliphatic carbocycles. The molecule has 1 saturated heterocycles. The second kappa shape index (κ2) is 2.87. The summed E-state index contributed by atoms with van der Waals surface area (Å²) in [5, 5.41) is 8.91. The topological polar surface area (TPSA) is 49.8 Å². The van der Waals surface area contributed by atoms with Crippen molar-refractivity contribution < 1.29 is 14.6 Å². The minimum Gasteiger partial charge on any atom is -0.465 e. The lowest BCUT2D eigenvalue weighted by molar-refractivity contribution is 0.00273. The van der Waals surface area contributed by atoms with Crippen molar-refractivity contribution >= 4 is 6.09 Å². The molecule has 74 valence electrons.